The van der Waals surface area contributed by atoms with E-state index in [1.165, 1.54) is 0 Å². The number of benzene rings is 1. The number of nitrogens with one attached hydrogen (secondary N) is 1. The van der Waals surface area contributed by atoms with Gasteiger partial charge in [-0.3, -0.25) is 0 Å². The van der Waals surface area contributed by atoms with Crippen LogP contribution in [0.4, 0.5) is 0 Å². The fourth-order valence-electron chi connectivity index (χ4n) is 1.51. The average molecular weight is 275 g/mol. The Balaban J connectivity index is 0.00000289. The number of halogens is 1. The minimum Gasteiger partial charge on any atom is -1.00 e. The first-order valence-electron chi connectivity index (χ1n) is 5.93. The van der Waals surface area contributed by atoms with Gasteiger partial charge >= 0.3 is 0 Å². The molecule has 0 aromatic heterocycles. The van der Waals surface area contributed by atoms with E-state index >= 15 is 0 Å². The standard InChI is InChI=1S/C13H21NO3.ClH/c1-3-6-14-10-11-4-5-12(17-8-7-15)13(9-11)16-2;/h4-5,9,14-15H,3,6-8,10H2,1-2H3;1H/p-1. The van der Waals surface area contributed by atoms with E-state index in [0.717, 1.165) is 25.1 Å². The summed E-state index contributed by atoms with van der Waals surface area (Å²) in [5, 5.41) is 12.0. The molecule has 0 aliphatic heterocycles. The van der Waals surface area contributed by atoms with E-state index in [4.69, 9.17) is 14.6 Å². The van der Waals surface area contributed by atoms with E-state index in [-0.39, 0.29) is 25.6 Å². The highest BCUT2D eigenvalue weighted by Crippen LogP contribution is 2.27. The first kappa shape index (κ1) is 17.0. The van der Waals surface area contributed by atoms with Gasteiger partial charge in [0.2, 0.25) is 0 Å². The van der Waals surface area contributed by atoms with Crippen LogP contribution >= 0.6 is 0 Å². The molecule has 0 fully saturated rings. The molecule has 0 heterocycles. The van der Waals surface area contributed by atoms with Gasteiger partial charge < -0.3 is 32.3 Å². The largest absolute Gasteiger partial charge is 1.00 e. The molecule has 1 aromatic carbocycles. The highest BCUT2D eigenvalue weighted by atomic mass is 35.5. The van der Waals surface area contributed by atoms with Crippen molar-refractivity contribution < 1.29 is 27.0 Å². The van der Waals surface area contributed by atoms with Gasteiger partial charge in [0.05, 0.1) is 13.7 Å². The highest BCUT2D eigenvalue weighted by molar-refractivity contribution is 5.42. The molecule has 4 nitrogen and oxygen atoms in total. The maximum Gasteiger partial charge on any atom is 0.161 e. The van der Waals surface area contributed by atoms with Gasteiger partial charge in [0.1, 0.15) is 6.61 Å². The van der Waals surface area contributed by atoms with Crippen LogP contribution in [0.5, 0.6) is 11.5 Å². The molecule has 1 rings (SSSR count). The van der Waals surface area contributed by atoms with Crippen LogP contribution in [-0.4, -0.2) is 32.0 Å². The van der Waals surface area contributed by atoms with Gasteiger partial charge in [-0.2, -0.15) is 0 Å². The fraction of sp³-hybridized carbons (Fsp3) is 0.538. The minimum atomic E-state index is 0. The van der Waals surface area contributed by atoms with Crippen molar-refractivity contribution in [1.29, 1.82) is 0 Å². The predicted molar refractivity (Wildman–Crippen MR) is 67.6 cm³/mol. The molecule has 0 aliphatic rings. The summed E-state index contributed by atoms with van der Waals surface area (Å²) >= 11 is 0. The maximum atomic E-state index is 8.71. The Hall–Kier alpha value is -0.970. The van der Waals surface area contributed by atoms with E-state index in [0.29, 0.717) is 11.5 Å². The Bertz CT molecular complexity index is 334. The Morgan fingerprint density at radius 3 is 2.67 bits per heavy atom. The monoisotopic (exact) mass is 274 g/mol. The van der Waals surface area contributed by atoms with Crippen LogP contribution < -0.4 is 27.2 Å². The van der Waals surface area contributed by atoms with Crippen molar-refractivity contribution in [3.05, 3.63) is 23.8 Å². The lowest BCUT2D eigenvalue weighted by Crippen LogP contribution is -3.00. The van der Waals surface area contributed by atoms with Crippen molar-refractivity contribution in [2.24, 2.45) is 0 Å². The van der Waals surface area contributed by atoms with Crippen molar-refractivity contribution in [1.82, 2.24) is 5.32 Å². The molecule has 0 aliphatic carbocycles. The zero-order valence-electron chi connectivity index (χ0n) is 10.9. The number of hydrogen-bond donors (Lipinski definition) is 2. The zero-order chi connectivity index (χ0) is 12.5. The first-order valence-corrected chi connectivity index (χ1v) is 5.93. The molecule has 0 unspecified atom stereocenters. The lowest BCUT2D eigenvalue weighted by atomic mass is 10.2. The number of aliphatic hydroxyl groups is 1. The maximum absolute atomic E-state index is 8.71. The van der Waals surface area contributed by atoms with Crippen molar-refractivity contribution in [2.75, 3.05) is 26.9 Å². The lowest BCUT2D eigenvalue weighted by molar-refractivity contribution is -0.00000507. The number of rotatable bonds is 8. The van der Waals surface area contributed by atoms with Crippen LogP contribution in [0.15, 0.2) is 18.2 Å². The third-order valence-electron chi connectivity index (χ3n) is 2.33. The summed E-state index contributed by atoms with van der Waals surface area (Å²) in [5.74, 6) is 1.37. The Kier molecular flexibility index (Phi) is 9.46. The summed E-state index contributed by atoms with van der Waals surface area (Å²) in [6, 6.07) is 5.82. The van der Waals surface area contributed by atoms with Crippen molar-refractivity contribution in [2.45, 2.75) is 19.9 Å². The molecule has 104 valence electrons. The molecular formula is C13H21ClNO3-. The van der Waals surface area contributed by atoms with Crippen molar-refractivity contribution >= 4 is 0 Å². The SMILES string of the molecule is CCCNCc1ccc(OCCO)c(OC)c1.[Cl-]. The molecule has 0 saturated carbocycles. The van der Waals surface area contributed by atoms with Crippen LogP contribution in [0.1, 0.15) is 18.9 Å². The lowest BCUT2D eigenvalue weighted by Gasteiger charge is -2.11. The molecule has 0 amide bonds. The Labute approximate surface area is 115 Å². The van der Waals surface area contributed by atoms with Gasteiger partial charge in [-0.15, -0.1) is 0 Å². The molecule has 5 heteroatoms. The van der Waals surface area contributed by atoms with Crippen LogP contribution in [0.25, 0.3) is 0 Å². The average Bonchev–Trinajstić information content (AvgIpc) is 2.37. The minimum absolute atomic E-state index is 0. The van der Waals surface area contributed by atoms with Gasteiger partial charge in [0.15, 0.2) is 11.5 Å². The van der Waals surface area contributed by atoms with Crippen LogP contribution in [0, 0.1) is 0 Å². The zero-order valence-corrected chi connectivity index (χ0v) is 11.7. The van der Waals surface area contributed by atoms with Crippen LogP contribution in [0.2, 0.25) is 0 Å². The van der Waals surface area contributed by atoms with Gasteiger partial charge in [-0.1, -0.05) is 13.0 Å². The second kappa shape index (κ2) is 10.00. The van der Waals surface area contributed by atoms with E-state index in [9.17, 15) is 0 Å². The summed E-state index contributed by atoms with van der Waals surface area (Å²) < 4.78 is 10.6. The smallest absolute Gasteiger partial charge is 0.161 e. The van der Waals surface area contributed by atoms with Gasteiger partial charge in [0.25, 0.3) is 0 Å². The van der Waals surface area contributed by atoms with E-state index in [1.54, 1.807) is 7.11 Å². The second-order valence-corrected chi connectivity index (χ2v) is 3.73. The normalized spacial score (nSPS) is 9.72. The van der Waals surface area contributed by atoms with E-state index < -0.39 is 0 Å². The highest BCUT2D eigenvalue weighted by Gasteiger charge is 2.05. The first-order chi connectivity index (χ1) is 8.31. The van der Waals surface area contributed by atoms with Gasteiger partial charge in [-0.05, 0) is 30.7 Å². The number of aliphatic hydroxyl groups excluding tert-OH is 1. The van der Waals surface area contributed by atoms with Crippen molar-refractivity contribution in [3.8, 4) is 11.5 Å². The molecule has 18 heavy (non-hydrogen) atoms. The summed E-state index contributed by atoms with van der Waals surface area (Å²) in [4.78, 5) is 0. The van der Waals surface area contributed by atoms with E-state index in [2.05, 4.69) is 12.2 Å². The summed E-state index contributed by atoms with van der Waals surface area (Å²) in [7, 11) is 1.62. The fourth-order valence-corrected chi connectivity index (χ4v) is 1.51. The molecular weight excluding hydrogens is 254 g/mol. The Morgan fingerprint density at radius 2 is 2.06 bits per heavy atom. The summed E-state index contributed by atoms with van der Waals surface area (Å²) in [6.07, 6.45) is 1.12. The number of ether oxygens (including phenoxy) is 2. The number of methoxy groups -OCH3 is 1. The molecule has 1 aromatic rings. The number of hydrogen-bond acceptors (Lipinski definition) is 4. The van der Waals surface area contributed by atoms with Crippen molar-refractivity contribution in [3.63, 3.8) is 0 Å². The van der Waals surface area contributed by atoms with Crippen LogP contribution in [0.3, 0.4) is 0 Å². The second-order valence-electron chi connectivity index (χ2n) is 3.73. The molecule has 0 spiro atoms. The third kappa shape index (κ3) is 5.58. The molecule has 0 bridgehead atoms. The van der Waals surface area contributed by atoms with Gasteiger partial charge in [0, 0.05) is 6.54 Å². The molecule has 0 atom stereocenters. The Morgan fingerprint density at radius 1 is 1.28 bits per heavy atom. The van der Waals surface area contributed by atoms with Gasteiger partial charge in [-0.25, -0.2) is 0 Å². The third-order valence-corrected chi connectivity index (χ3v) is 2.33. The van der Waals surface area contributed by atoms with E-state index in [1.807, 2.05) is 18.2 Å². The predicted octanol–water partition coefficient (Wildman–Crippen LogP) is -1.43. The quantitative estimate of drug-likeness (QED) is 0.571. The summed E-state index contributed by atoms with van der Waals surface area (Å²) in [5.41, 5.74) is 1.16. The van der Waals surface area contributed by atoms with Crippen LogP contribution in [-0.2, 0) is 6.54 Å². The summed E-state index contributed by atoms with van der Waals surface area (Å²) in [6.45, 7) is 4.25. The topological polar surface area (TPSA) is 50.7 Å². The molecule has 2 N–H and O–H groups in total. The molecule has 0 radical (unpaired) electrons. The molecule has 0 saturated heterocycles.